The van der Waals surface area contributed by atoms with Crippen LogP contribution in [-0.2, 0) is 0 Å². The smallest absolute Gasteiger partial charge is 0.253 e. The van der Waals surface area contributed by atoms with Gasteiger partial charge in [-0.2, -0.15) is 0 Å². The van der Waals surface area contributed by atoms with E-state index in [-0.39, 0.29) is 18.2 Å². The van der Waals surface area contributed by atoms with E-state index in [1.165, 1.54) is 6.20 Å². The zero-order chi connectivity index (χ0) is 10.6. The maximum atomic E-state index is 12.7. The van der Waals surface area contributed by atoms with E-state index >= 15 is 0 Å². The molecule has 76 valence electrons. The first-order chi connectivity index (χ1) is 6.63. The Labute approximate surface area is 80.8 Å². The zero-order valence-corrected chi connectivity index (χ0v) is 7.70. The molecule has 0 unspecified atom stereocenters. The van der Waals surface area contributed by atoms with Crippen LogP contribution in [0.5, 0.6) is 0 Å². The van der Waals surface area contributed by atoms with Crippen molar-refractivity contribution in [3.8, 4) is 0 Å². The Balaban J connectivity index is 2.70. The molecule has 0 aliphatic rings. The van der Waals surface area contributed by atoms with Crippen LogP contribution >= 0.6 is 0 Å². The van der Waals surface area contributed by atoms with Gasteiger partial charge in [-0.05, 0) is 13.0 Å². The second-order valence-electron chi connectivity index (χ2n) is 2.95. The number of halogens is 1. The normalized spacial score (nSPS) is 12.2. The number of hydrogen-bond donors (Lipinski definition) is 2. The number of aromatic nitrogens is 1. The van der Waals surface area contributed by atoms with E-state index in [0.717, 1.165) is 12.3 Å². The molecule has 0 saturated heterocycles. The summed E-state index contributed by atoms with van der Waals surface area (Å²) in [6.07, 6.45) is 2.29. The maximum Gasteiger partial charge on any atom is 0.253 e. The minimum Gasteiger partial charge on any atom is -0.394 e. The number of rotatable bonds is 3. The lowest BCUT2D eigenvalue weighted by atomic mass is 10.2. The number of amides is 1. The van der Waals surface area contributed by atoms with Gasteiger partial charge in [0.05, 0.1) is 18.4 Å². The van der Waals surface area contributed by atoms with Crippen LogP contribution in [-0.4, -0.2) is 28.6 Å². The van der Waals surface area contributed by atoms with Crippen LogP contribution in [0.15, 0.2) is 18.5 Å². The number of carbonyl (C=O) groups excluding carboxylic acids is 1. The molecule has 14 heavy (non-hydrogen) atoms. The minimum atomic E-state index is -0.561. The summed E-state index contributed by atoms with van der Waals surface area (Å²) in [7, 11) is 0. The lowest BCUT2D eigenvalue weighted by Crippen LogP contribution is -2.35. The van der Waals surface area contributed by atoms with E-state index in [0.29, 0.717) is 0 Å². The van der Waals surface area contributed by atoms with Gasteiger partial charge in [-0.3, -0.25) is 9.78 Å². The molecule has 1 heterocycles. The summed E-state index contributed by atoms with van der Waals surface area (Å²) in [6, 6.07) is 0.734. The first-order valence-corrected chi connectivity index (χ1v) is 4.15. The second-order valence-corrected chi connectivity index (χ2v) is 2.95. The Morgan fingerprint density at radius 2 is 2.43 bits per heavy atom. The van der Waals surface area contributed by atoms with Crippen molar-refractivity contribution in [3.63, 3.8) is 0 Å². The molecule has 1 atom stereocenters. The molecule has 1 amide bonds. The SMILES string of the molecule is C[C@H](CO)NC(=O)c1cncc(F)c1. The topological polar surface area (TPSA) is 62.2 Å². The predicted octanol–water partition coefficient (Wildman–Crippen LogP) is 0.331. The van der Waals surface area contributed by atoms with Gasteiger partial charge in [0, 0.05) is 12.2 Å². The highest BCUT2D eigenvalue weighted by Crippen LogP contribution is 2.00. The van der Waals surface area contributed by atoms with Gasteiger partial charge in [0.1, 0.15) is 5.82 Å². The number of carbonyl (C=O) groups is 1. The van der Waals surface area contributed by atoms with Crippen molar-refractivity contribution in [2.45, 2.75) is 13.0 Å². The fraction of sp³-hybridized carbons (Fsp3) is 0.333. The van der Waals surface area contributed by atoms with E-state index in [9.17, 15) is 9.18 Å². The number of aliphatic hydroxyl groups is 1. The lowest BCUT2D eigenvalue weighted by Gasteiger charge is -2.09. The first kappa shape index (κ1) is 10.6. The fourth-order valence-corrected chi connectivity index (χ4v) is 0.889. The summed E-state index contributed by atoms with van der Waals surface area (Å²) in [6.45, 7) is 1.49. The number of aliphatic hydroxyl groups excluding tert-OH is 1. The minimum absolute atomic E-state index is 0.144. The van der Waals surface area contributed by atoms with E-state index in [1.807, 2.05) is 0 Å². The fourth-order valence-electron chi connectivity index (χ4n) is 0.889. The molecule has 4 nitrogen and oxygen atoms in total. The van der Waals surface area contributed by atoms with Gasteiger partial charge in [-0.1, -0.05) is 0 Å². The third-order valence-corrected chi connectivity index (χ3v) is 1.62. The summed E-state index contributed by atoms with van der Waals surface area (Å²) in [5, 5.41) is 11.2. The van der Waals surface area contributed by atoms with Gasteiger partial charge in [0.15, 0.2) is 0 Å². The monoisotopic (exact) mass is 198 g/mol. The van der Waals surface area contributed by atoms with Crippen molar-refractivity contribution in [2.24, 2.45) is 0 Å². The number of pyridine rings is 1. The Morgan fingerprint density at radius 3 is 3.00 bits per heavy atom. The van der Waals surface area contributed by atoms with Gasteiger partial charge in [0.2, 0.25) is 0 Å². The molecule has 0 bridgehead atoms. The average molecular weight is 198 g/mol. The standard InChI is InChI=1S/C9H11FN2O2/c1-6(5-13)12-9(14)7-2-8(10)4-11-3-7/h2-4,6,13H,5H2,1H3,(H,12,14)/t6-/m1/s1. The quantitative estimate of drug-likeness (QED) is 0.735. The molecule has 0 aliphatic heterocycles. The summed E-state index contributed by atoms with van der Waals surface area (Å²) in [5.74, 6) is -1.01. The molecule has 0 fully saturated rings. The molecule has 1 aromatic heterocycles. The van der Waals surface area contributed by atoms with Crippen molar-refractivity contribution in [1.29, 1.82) is 0 Å². The molecule has 0 saturated carbocycles. The largest absolute Gasteiger partial charge is 0.394 e. The lowest BCUT2D eigenvalue weighted by molar-refractivity contribution is 0.0921. The van der Waals surface area contributed by atoms with Gasteiger partial charge in [-0.25, -0.2) is 4.39 Å². The molecule has 0 aliphatic carbocycles. The van der Waals surface area contributed by atoms with Crippen molar-refractivity contribution >= 4 is 5.91 Å². The average Bonchev–Trinajstić information content (AvgIpc) is 2.17. The first-order valence-electron chi connectivity index (χ1n) is 4.15. The van der Waals surface area contributed by atoms with Crippen molar-refractivity contribution in [2.75, 3.05) is 6.61 Å². The number of hydrogen-bond acceptors (Lipinski definition) is 3. The van der Waals surface area contributed by atoms with E-state index in [2.05, 4.69) is 10.3 Å². The van der Waals surface area contributed by atoms with Crippen LogP contribution in [0.4, 0.5) is 4.39 Å². The van der Waals surface area contributed by atoms with E-state index in [1.54, 1.807) is 6.92 Å². The van der Waals surface area contributed by atoms with E-state index in [4.69, 9.17) is 5.11 Å². The third-order valence-electron chi connectivity index (χ3n) is 1.62. The molecular formula is C9H11FN2O2. The molecule has 0 spiro atoms. The van der Waals surface area contributed by atoms with Crippen LogP contribution in [0, 0.1) is 5.82 Å². The highest BCUT2D eigenvalue weighted by atomic mass is 19.1. The molecule has 1 rings (SSSR count). The molecule has 1 aromatic rings. The highest BCUT2D eigenvalue weighted by molar-refractivity contribution is 5.94. The molecule has 0 aromatic carbocycles. The molecular weight excluding hydrogens is 187 g/mol. The summed E-state index contributed by atoms with van der Waals surface area (Å²) in [4.78, 5) is 14.9. The Bertz CT molecular complexity index is 330. The Hall–Kier alpha value is -1.49. The number of nitrogens with zero attached hydrogens (tertiary/aromatic N) is 1. The van der Waals surface area contributed by atoms with Crippen LogP contribution in [0.1, 0.15) is 17.3 Å². The van der Waals surface area contributed by atoms with Crippen LogP contribution < -0.4 is 5.32 Å². The Kier molecular flexibility index (Phi) is 3.53. The third kappa shape index (κ3) is 2.77. The van der Waals surface area contributed by atoms with Crippen molar-refractivity contribution in [3.05, 3.63) is 29.8 Å². The zero-order valence-electron chi connectivity index (χ0n) is 7.70. The second kappa shape index (κ2) is 4.66. The van der Waals surface area contributed by atoms with Gasteiger partial charge < -0.3 is 10.4 Å². The van der Waals surface area contributed by atoms with Crippen molar-refractivity contribution in [1.82, 2.24) is 10.3 Å². The highest BCUT2D eigenvalue weighted by Gasteiger charge is 2.09. The van der Waals surface area contributed by atoms with Crippen LogP contribution in [0.25, 0.3) is 0 Å². The maximum absolute atomic E-state index is 12.7. The number of nitrogens with one attached hydrogen (secondary N) is 1. The van der Waals surface area contributed by atoms with E-state index < -0.39 is 11.7 Å². The summed E-state index contributed by atoms with van der Waals surface area (Å²) in [5.41, 5.74) is 0.144. The van der Waals surface area contributed by atoms with Crippen molar-refractivity contribution < 1.29 is 14.3 Å². The van der Waals surface area contributed by atoms with Gasteiger partial charge in [0.25, 0.3) is 5.91 Å². The summed E-state index contributed by atoms with van der Waals surface area (Å²) >= 11 is 0. The predicted molar refractivity (Wildman–Crippen MR) is 48.2 cm³/mol. The van der Waals surface area contributed by atoms with Crippen LogP contribution in [0.3, 0.4) is 0 Å². The molecule has 0 radical (unpaired) electrons. The summed E-state index contributed by atoms with van der Waals surface area (Å²) < 4.78 is 12.7. The van der Waals surface area contributed by atoms with Crippen LogP contribution in [0.2, 0.25) is 0 Å². The van der Waals surface area contributed by atoms with Gasteiger partial charge >= 0.3 is 0 Å². The molecule has 5 heteroatoms. The molecule has 2 N–H and O–H groups in total. The Morgan fingerprint density at radius 1 is 1.71 bits per heavy atom. The van der Waals surface area contributed by atoms with Gasteiger partial charge in [-0.15, -0.1) is 0 Å².